The van der Waals surface area contributed by atoms with Crippen molar-refractivity contribution in [1.29, 1.82) is 0 Å². The molecule has 0 saturated carbocycles. The maximum absolute atomic E-state index is 11.9. The molecule has 0 amide bonds. The smallest absolute Gasteiger partial charge is 0.123 e. The molecule has 0 heterocycles. The minimum atomic E-state index is -1.11. The van der Waals surface area contributed by atoms with Gasteiger partial charge >= 0.3 is 0 Å². The monoisotopic (exact) mass is 1210 g/mol. The first-order valence-corrected chi connectivity index (χ1v) is 29.0. The van der Waals surface area contributed by atoms with Gasteiger partial charge in [0.05, 0.1) is 5.41 Å². The molecule has 0 saturated heterocycles. The highest BCUT2D eigenvalue weighted by Gasteiger charge is 2.46. The summed E-state index contributed by atoms with van der Waals surface area (Å²) in [4.78, 5) is 0. The molecule has 14 nitrogen and oxygen atoms in total. The zero-order valence-corrected chi connectivity index (χ0v) is 48.2. The van der Waals surface area contributed by atoms with Crippen molar-refractivity contribution in [1.82, 2.24) is 0 Å². The number of phenolic OH excluding ortho intramolecular Hbond substituents is 14. The van der Waals surface area contributed by atoms with Crippen molar-refractivity contribution < 1.29 is 71.5 Å². The molecule has 0 spiro atoms. The molecule has 0 radical (unpaired) electrons. The normalized spacial score (nSPS) is 16.0. The van der Waals surface area contributed by atoms with Crippen molar-refractivity contribution >= 4 is 0 Å². The van der Waals surface area contributed by atoms with Gasteiger partial charge in [-0.3, -0.25) is 0 Å². The SMILES string of the molecule is Oc1ccc(C2(c3ccc(O)cc3)c3ccccc3-c3ccccc32)cc1.Oc1ccc(C2c3cc(c(O)cc3O)C(c3ccc(O)cc3)c3cc(c(O)cc3O)C(c3ccc(O)cc3)c3cc(c(O)cc3O)C(c3ccc(O)cc3)c3cc2c(O)cc3O)cc1. The zero-order chi connectivity index (χ0) is 63.6. The third-order valence-corrected chi connectivity index (χ3v) is 17.7. The van der Waals surface area contributed by atoms with E-state index in [1.807, 2.05) is 24.3 Å². The molecule has 12 aromatic rings. The van der Waals surface area contributed by atoms with Crippen LogP contribution in [0.1, 0.15) is 113 Å². The van der Waals surface area contributed by atoms with Crippen LogP contribution in [0, 0.1) is 0 Å². The quantitative estimate of drug-likeness (QED) is 0.0737. The Kier molecular flexibility index (Phi) is 14.5. The van der Waals surface area contributed by atoms with Gasteiger partial charge in [-0.05, 0) is 153 Å². The van der Waals surface area contributed by atoms with Gasteiger partial charge in [-0.1, -0.05) is 121 Å². The van der Waals surface area contributed by atoms with Crippen LogP contribution in [0.5, 0.6) is 80.5 Å². The van der Waals surface area contributed by atoms with Crippen LogP contribution < -0.4 is 0 Å². The van der Waals surface area contributed by atoms with E-state index in [2.05, 4.69) is 48.5 Å². The summed E-state index contributed by atoms with van der Waals surface area (Å²) >= 11 is 0. The molecule has 12 aromatic carbocycles. The third kappa shape index (κ3) is 10.2. The van der Waals surface area contributed by atoms with Gasteiger partial charge in [0.2, 0.25) is 0 Å². The third-order valence-electron chi connectivity index (χ3n) is 17.7. The fourth-order valence-corrected chi connectivity index (χ4v) is 13.5. The van der Waals surface area contributed by atoms with E-state index >= 15 is 0 Å². The summed E-state index contributed by atoms with van der Waals surface area (Å²) in [5, 5.41) is 156. The summed E-state index contributed by atoms with van der Waals surface area (Å²) in [5.41, 5.74) is 9.25. The second kappa shape index (κ2) is 22.8. The van der Waals surface area contributed by atoms with Crippen LogP contribution in [0.25, 0.3) is 11.1 Å². The Morgan fingerprint density at radius 2 is 0.385 bits per heavy atom. The van der Waals surface area contributed by atoms with E-state index in [9.17, 15) is 71.5 Å². The first-order valence-electron chi connectivity index (χ1n) is 29.0. The van der Waals surface area contributed by atoms with Gasteiger partial charge in [0, 0.05) is 92.4 Å². The molecule has 0 unspecified atom stereocenters. The molecule has 0 aromatic heterocycles. The largest absolute Gasteiger partial charge is 0.508 e. The summed E-state index contributed by atoms with van der Waals surface area (Å²) in [7, 11) is 0. The van der Waals surface area contributed by atoms with E-state index in [-0.39, 0.29) is 79.0 Å². The summed E-state index contributed by atoms with van der Waals surface area (Å²) in [6.07, 6.45) is 0. The van der Waals surface area contributed by atoms with E-state index < -0.39 is 75.1 Å². The highest BCUT2D eigenvalue weighted by molar-refractivity contribution is 5.86. The van der Waals surface area contributed by atoms with E-state index in [0.29, 0.717) is 22.3 Å². The van der Waals surface area contributed by atoms with Gasteiger partial charge in [-0.25, -0.2) is 0 Å². The van der Waals surface area contributed by atoms with Crippen LogP contribution in [-0.2, 0) is 5.41 Å². The van der Waals surface area contributed by atoms with E-state index in [0.717, 1.165) is 35.4 Å². The first-order chi connectivity index (χ1) is 43.9. The van der Waals surface area contributed by atoms with E-state index in [1.54, 1.807) is 72.8 Å². The fourth-order valence-electron chi connectivity index (χ4n) is 13.5. The topological polar surface area (TPSA) is 283 Å². The number of benzene rings is 12. The lowest BCUT2D eigenvalue weighted by Gasteiger charge is -2.33. The van der Waals surface area contributed by atoms with E-state index in [4.69, 9.17) is 0 Å². The molecule has 2 aliphatic carbocycles. The highest BCUT2D eigenvalue weighted by atomic mass is 16.3. The van der Waals surface area contributed by atoms with Gasteiger partial charge < -0.3 is 71.5 Å². The van der Waals surface area contributed by atoms with Crippen molar-refractivity contribution in [2.24, 2.45) is 0 Å². The van der Waals surface area contributed by atoms with Crippen molar-refractivity contribution in [3.05, 3.63) is 332 Å². The van der Waals surface area contributed by atoms with Crippen molar-refractivity contribution in [3.63, 3.8) is 0 Å². The first kappa shape index (κ1) is 57.9. The molecular formula is C77H58O14. The lowest BCUT2D eigenvalue weighted by molar-refractivity contribution is 0.431. The molecule has 8 bridgehead atoms. The molecule has 91 heavy (non-hydrogen) atoms. The van der Waals surface area contributed by atoms with Crippen molar-refractivity contribution in [2.75, 3.05) is 0 Å². The number of fused-ring (bicyclic) bond motifs is 11. The van der Waals surface area contributed by atoms with Crippen LogP contribution in [0.2, 0.25) is 0 Å². The zero-order valence-electron chi connectivity index (χ0n) is 48.2. The van der Waals surface area contributed by atoms with E-state index in [1.165, 1.54) is 95.1 Å². The maximum atomic E-state index is 11.9. The summed E-state index contributed by atoms with van der Waals surface area (Å²) < 4.78 is 0. The minimum Gasteiger partial charge on any atom is -0.508 e. The molecule has 14 heteroatoms. The predicted molar refractivity (Wildman–Crippen MR) is 342 cm³/mol. The van der Waals surface area contributed by atoms with Gasteiger partial charge in [0.15, 0.2) is 0 Å². The Morgan fingerprint density at radius 3 is 0.593 bits per heavy atom. The van der Waals surface area contributed by atoms with Crippen LogP contribution in [0.4, 0.5) is 0 Å². The van der Waals surface area contributed by atoms with Crippen LogP contribution in [0.3, 0.4) is 0 Å². The van der Waals surface area contributed by atoms with Crippen molar-refractivity contribution in [2.45, 2.75) is 29.1 Å². The molecule has 450 valence electrons. The maximum Gasteiger partial charge on any atom is 0.123 e. The van der Waals surface area contributed by atoms with Crippen molar-refractivity contribution in [3.8, 4) is 91.6 Å². The lowest BCUT2D eigenvalue weighted by Crippen LogP contribution is -2.28. The Labute approximate surface area is 521 Å². The van der Waals surface area contributed by atoms with Crippen LogP contribution >= 0.6 is 0 Å². The summed E-state index contributed by atoms with van der Waals surface area (Å²) in [5.74, 6) is -7.61. The summed E-state index contributed by atoms with van der Waals surface area (Å²) in [6, 6.07) is 66.2. The average molecular weight is 1210 g/mol. The molecular weight excluding hydrogens is 1150 g/mol. The molecule has 14 N–H and O–H groups in total. The fraction of sp³-hybridized carbons (Fsp3) is 0.0649. The number of rotatable bonds is 6. The highest BCUT2D eigenvalue weighted by Crippen LogP contribution is 2.58. The van der Waals surface area contributed by atoms with Crippen LogP contribution in [-0.4, -0.2) is 71.5 Å². The number of aromatic hydroxyl groups is 14. The Hall–Kier alpha value is -12.2. The standard InChI is InChI=1S/C52H40O12.C25H18O2/c53-29-9-1-25(2-10-29)49-33-17-35(43(59)21-41(33)57)50(26-3-11-30(54)12-4-26)37-19-39(47(63)23-45(37)61)52(28-7-15-32(56)16-8-28)40-20-38(46(62)24-48(40)64)51(27-5-13-31(55)14-6-27)36-18-34(49)42(58)22-44(36)60;26-19-13-9-17(10-14-19)25(18-11-15-20(27)16-12-18)23-7-3-1-5-21(23)22-6-2-4-8-24(22)25/h1-24,49-64H;1-16,26-27H. The molecule has 0 fully saturated rings. The molecule has 2 aliphatic rings. The number of hydrogen-bond acceptors (Lipinski definition) is 14. The molecule has 0 aliphatic heterocycles. The Bertz CT molecular complexity index is 4120. The second-order valence-electron chi connectivity index (χ2n) is 22.9. The van der Waals surface area contributed by atoms with Crippen LogP contribution in [0.15, 0.2) is 243 Å². The minimum absolute atomic E-state index is 0.0780. The second-order valence-corrected chi connectivity index (χ2v) is 22.9. The number of hydrogen-bond donors (Lipinski definition) is 14. The predicted octanol–water partition coefficient (Wildman–Crippen LogP) is 14.6. The van der Waals surface area contributed by atoms with Gasteiger partial charge in [0.1, 0.15) is 80.5 Å². The van der Waals surface area contributed by atoms with Gasteiger partial charge in [0.25, 0.3) is 0 Å². The Morgan fingerprint density at radius 1 is 0.198 bits per heavy atom. The Balaban J connectivity index is 0.000000232. The number of phenols is 14. The van der Waals surface area contributed by atoms with Gasteiger partial charge in [-0.2, -0.15) is 0 Å². The lowest BCUT2D eigenvalue weighted by atomic mass is 9.68. The summed E-state index contributed by atoms with van der Waals surface area (Å²) in [6.45, 7) is 0. The average Bonchev–Trinajstić information content (AvgIpc) is 1.57. The molecule has 14 rings (SSSR count). The molecule has 0 atom stereocenters. The van der Waals surface area contributed by atoms with Gasteiger partial charge in [-0.15, -0.1) is 0 Å².